The number of thioether (sulfide) groups is 1. The molecule has 1 aliphatic heterocycles. The number of benzene rings is 2. The minimum absolute atomic E-state index is 0.182. The molecule has 0 fully saturated rings. The van der Waals surface area contributed by atoms with E-state index in [1.807, 2.05) is 0 Å². The topological polar surface area (TPSA) is 104 Å². The Morgan fingerprint density at radius 1 is 1.21 bits per heavy atom. The van der Waals surface area contributed by atoms with E-state index in [0.29, 0.717) is 33.2 Å². The minimum Gasteiger partial charge on any atom is -0.454 e. The van der Waals surface area contributed by atoms with Gasteiger partial charge in [0.05, 0.1) is 5.25 Å². The quantitative estimate of drug-likeness (QED) is 0.485. The molecule has 3 aromatic rings. The molecule has 144 valence electrons. The molecule has 2 heterocycles. The van der Waals surface area contributed by atoms with Gasteiger partial charge in [-0.3, -0.25) is 4.79 Å². The van der Waals surface area contributed by atoms with Crippen molar-refractivity contribution in [3.8, 4) is 22.9 Å². The molecule has 1 aromatic heterocycles. The number of rotatable bonds is 5. The lowest BCUT2D eigenvalue weighted by atomic mass is 10.2. The summed E-state index contributed by atoms with van der Waals surface area (Å²) in [4.78, 5) is 12.5. The highest BCUT2D eigenvalue weighted by atomic mass is 35.5. The lowest BCUT2D eigenvalue weighted by Gasteiger charge is -2.12. The fourth-order valence-electron chi connectivity index (χ4n) is 2.58. The van der Waals surface area contributed by atoms with Crippen LogP contribution < -0.4 is 20.6 Å². The van der Waals surface area contributed by atoms with E-state index in [1.54, 1.807) is 49.4 Å². The van der Waals surface area contributed by atoms with E-state index in [9.17, 15) is 4.79 Å². The lowest BCUT2D eigenvalue weighted by molar-refractivity contribution is -0.115. The second kappa shape index (κ2) is 7.61. The van der Waals surface area contributed by atoms with E-state index in [1.165, 1.54) is 16.4 Å². The van der Waals surface area contributed by atoms with Gasteiger partial charge >= 0.3 is 0 Å². The van der Waals surface area contributed by atoms with Crippen molar-refractivity contribution in [2.24, 2.45) is 0 Å². The van der Waals surface area contributed by atoms with Gasteiger partial charge in [0.25, 0.3) is 0 Å². The van der Waals surface area contributed by atoms with E-state index < -0.39 is 5.25 Å². The molecule has 2 aromatic carbocycles. The van der Waals surface area contributed by atoms with Crippen LogP contribution in [0.25, 0.3) is 11.4 Å². The summed E-state index contributed by atoms with van der Waals surface area (Å²) in [6, 6.07) is 12.3. The standard InChI is InChI=1S/C18H16ClN5O3S/c1-10(17(25)21-13-6-7-14-15(8-13)27-9-26-14)28-18-23-22-16(24(18)20)11-2-4-12(19)5-3-11/h2-8,10H,9,20H2,1H3,(H,21,25). The molecule has 1 aliphatic rings. The third-order valence-corrected chi connectivity index (χ3v) is 5.37. The molecule has 28 heavy (non-hydrogen) atoms. The average molecular weight is 418 g/mol. The Bertz CT molecular complexity index is 1020. The van der Waals surface area contributed by atoms with E-state index in [4.69, 9.17) is 26.9 Å². The number of carbonyl (C=O) groups excluding carboxylic acids is 1. The van der Waals surface area contributed by atoms with Crippen molar-refractivity contribution in [3.63, 3.8) is 0 Å². The normalized spacial score (nSPS) is 13.4. The number of amides is 1. The number of halogens is 1. The number of fused-ring (bicyclic) bond motifs is 1. The molecule has 1 unspecified atom stereocenters. The number of anilines is 1. The summed E-state index contributed by atoms with van der Waals surface area (Å²) < 4.78 is 11.9. The largest absolute Gasteiger partial charge is 0.454 e. The van der Waals surface area contributed by atoms with Crippen LogP contribution in [0, 0.1) is 0 Å². The number of ether oxygens (including phenoxy) is 2. The fraction of sp³-hybridized carbons (Fsp3) is 0.167. The molecule has 0 radical (unpaired) electrons. The first-order valence-electron chi connectivity index (χ1n) is 8.35. The van der Waals surface area contributed by atoms with Gasteiger partial charge in [0, 0.05) is 22.3 Å². The SMILES string of the molecule is CC(Sc1nnc(-c2ccc(Cl)cc2)n1N)C(=O)Nc1ccc2c(c1)OCO2. The first-order valence-corrected chi connectivity index (χ1v) is 9.60. The van der Waals surface area contributed by atoms with Gasteiger partial charge in [0.1, 0.15) is 0 Å². The number of hydrogen-bond acceptors (Lipinski definition) is 7. The lowest BCUT2D eigenvalue weighted by Crippen LogP contribution is -2.23. The average Bonchev–Trinajstić information content (AvgIpc) is 3.29. The van der Waals surface area contributed by atoms with E-state index in [-0.39, 0.29) is 12.7 Å². The van der Waals surface area contributed by atoms with E-state index in [0.717, 1.165) is 5.56 Å². The Morgan fingerprint density at radius 2 is 1.96 bits per heavy atom. The first-order chi connectivity index (χ1) is 13.5. The highest BCUT2D eigenvalue weighted by Gasteiger charge is 2.21. The highest BCUT2D eigenvalue weighted by molar-refractivity contribution is 8.00. The number of aromatic nitrogens is 3. The van der Waals surface area contributed by atoms with Crippen LogP contribution in [-0.4, -0.2) is 32.8 Å². The third-order valence-electron chi connectivity index (χ3n) is 4.06. The van der Waals surface area contributed by atoms with Crippen molar-refractivity contribution in [1.29, 1.82) is 0 Å². The van der Waals surface area contributed by atoms with Crippen LogP contribution >= 0.6 is 23.4 Å². The van der Waals surface area contributed by atoms with Crippen LogP contribution in [0.1, 0.15) is 6.92 Å². The minimum atomic E-state index is -0.449. The summed E-state index contributed by atoms with van der Waals surface area (Å²) in [7, 11) is 0. The van der Waals surface area contributed by atoms with Gasteiger partial charge in [0.15, 0.2) is 17.3 Å². The zero-order chi connectivity index (χ0) is 19.7. The van der Waals surface area contributed by atoms with Crippen molar-refractivity contribution in [2.75, 3.05) is 18.0 Å². The Morgan fingerprint density at radius 3 is 2.75 bits per heavy atom. The van der Waals surface area contributed by atoms with Crippen LogP contribution in [0.3, 0.4) is 0 Å². The van der Waals surface area contributed by atoms with Crippen molar-refractivity contribution >= 4 is 35.0 Å². The molecular formula is C18H16ClN5O3S. The Labute approximate surface area is 170 Å². The zero-order valence-corrected chi connectivity index (χ0v) is 16.3. The molecule has 1 atom stereocenters. The molecule has 0 spiro atoms. The smallest absolute Gasteiger partial charge is 0.237 e. The van der Waals surface area contributed by atoms with Gasteiger partial charge < -0.3 is 20.6 Å². The van der Waals surface area contributed by atoms with Crippen LogP contribution in [-0.2, 0) is 4.79 Å². The van der Waals surface area contributed by atoms with E-state index >= 15 is 0 Å². The molecule has 1 amide bonds. The highest BCUT2D eigenvalue weighted by Crippen LogP contribution is 2.34. The Hall–Kier alpha value is -2.91. The van der Waals surface area contributed by atoms with Gasteiger partial charge in [-0.25, -0.2) is 4.68 Å². The number of nitrogens with two attached hydrogens (primary N) is 1. The van der Waals surface area contributed by atoms with Crippen molar-refractivity contribution in [1.82, 2.24) is 14.9 Å². The van der Waals surface area contributed by atoms with Crippen molar-refractivity contribution in [2.45, 2.75) is 17.3 Å². The summed E-state index contributed by atoms with van der Waals surface area (Å²) in [5.74, 6) is 7.67. The maximum atomic E-state index is 12.5. The molecular weight excluding hydrogens is 402 g/mol. The third kappa shape index (κ3) is 3.71. The second-order valence-corrected chi connectivity index (χ2v) is 7.74. The zero-order valence-electron chi connectivity index (χ0n) is 14.8. The van der Waals surface area contributed by atoms with Gasteiger partial charge in [0.2, 0.25) is 17.9 Å². The molecule has 10 heteroatoms. The summed E-state index contributed by atoms with van der Waals surface area (Å²) in [6.45, 7) is 1.95. The van der Waals surface area contributed by atoms with Crippen LogP contribution in [0.15, 0.2) is 47.6 Å². The fourth-order valence-corrected chi connectivity index (χ4v) is 3.48. The second-order valence-electron chi connectivity index (χ2n) is 6.00. The van der Waals surface area contributed by atoms with Gasteiger partial charge in [-0.1, -0.05) is 23.4 Å². The molecule has 4 rings (SSSR count). The number of nitrogen functional groups attached to an aromatic ring is 1. The molecule has 0 aliphatic carbocycles. The number of nitrogens with zero attached hydrogens (tertiary/aromatic N) is 3. The van der Waals surface area contributed by atoms with Gasteiger partial charge in [-0.15, -0.1) is 10.2 Å². The van der Waals surface area contributed by atoms with Crippen LogP contribution in [0.4, 0.5) is 5.69 Å². The summed E-state index contributed by atoms with van der Waals surface area (Å²) in [5.41, 5.74) is 1.40. The number of hydrogen-bond donors (Lipinski definition) is 2. The van der Waals surface area contributed by atoms with E-state index in [2.05, 4.69) is 15.5 Å². The number of nitrogens with one attached hydrogen (secondary N) is 1. The summed E-state index contributed by atoms with van der Waals surface area (Å²) >= 11 is 7.12. The molecule has 0 saturated heterocycles. The predicted octanol–water partition coefficient (Wildman–Crippen LogP) is 3.16. The van der Waals surface area contributed by atoms with Crippen molar-refractivity contribution in [3.05, 3.63) is 47.5 Å². The summed E-state index contributed by atoms with van der Waals surface area (Å²) in [6.07, 6.45) is 0. The van der Waals surface area contributed by atoms with Crippen molar-refractivity contribution < 1.29 is 14.3 Å². The van der Waals surface area contributed by atoms with Crippen LogP contribution in [0.2, 0.25) is 5.02 Å². The van der Waals surface area contributed by atoms with Crippen LogP contribution in [0.5, 0.6) is 11.5 Å². The molecule has 8 nitrogen and oxygen atoms in total. The number of carbonyl (C=O) groups is 1. The molecule has 3 N–H and O–H groups in total. The first kappa shape index (κ1) is 18.5. The van der Waals surface area contributed by atoms with Gasteiger partial charge in [-0.05, 0) is 43.3 Å². The Balaban J connectivity index is 1.44. The Kier molecular flexibility index (Phi) is 5.01. The maximum absolute atomic E-state index is 12.5. The monoisotopic (exact) mass is 417 g/mol. The van der Waals surface area contributed by atoms with Gasteiger partial charge in [-0.2, -0.15) is 0 Å². The predicted molar refractivity (Wildman–Crippen MR) is 107 cm³/mol. The maximum Gasteiger partial charge on any atom is 0.237 e. The molecule has 0 bridgehead atoms. The molecule has 0 saturated carbocycles. The summed E-state index contributed by atoms with van der Waals surface area (Å²) in [5, 5.41) is 11.7.